The summed E-state index contributed by atoms with van der Waals surface area (Å²) in [6, 6.07) is 4.10. The van der Waals surface area contributed by atoms with Crippen LogP contribution in [0.25, 0.3) is 0 Å². The molecular weight excluding hydrogens is 176 g/mol. The Balaban J connectivity index is 2.76. The minimum atomic E-state index is -0.272. The highest BCUT2D eigenvalue weighted by Crippen LogP contribution is 2.08. The number of aromatic nitrogens is 1. The first kappa shape index (κ1) is 10.7. The Morgan fingerprint density at radius 2 is 2.21 bits per heavy atom. The number of carbonyl (C=O) groups is 1. The van der Waals surface area contributed by atoms with Crippen molar-refractivity contribution in [3.8, 4) is 0 Å². The molecule has 0 saturated carbocycles. The first-order valence-electron chi connectivity index (χ1n) is 4.86. The zero-order valence-electron chi connectivity index (χ0n) is 8.71. The van der Waals surface area contributed by atoms with E-state index in [-0.39, 0.29) is 5.91 Å². The predicted octanol–water partition coefficient (Wildman–Crippen LogP) is 1.37. The summed E-state index contributed by atoms with van der Waals surface area (Å²) in [5.74, 6) is -0.272. The van der Waals surface area contributed by atoms with E-state index in [0.717, 1.165) is 17.8 Å². The van der Waals surface area contributed by atoms with Gasteiger partial charge in [0.25, 0.3) is 0 Å². The van der Waals surface area contributed by atoms with Gasteiger partial charge in [-0.15, -0.1) is 0 Å². The maximum absolute atomic E-state index is 10.6. The van der Waals surface area contributed by atoms with Crippen LogP contribution in [-0.2, 0) is 17.6 Å². The van der Waals surface area contributed by atoms with Gasteiger partial charge in [-0.25, -0.2) is 0 Å². The van der Waals surface area contributed by atoms with E-state index in [1.807, 2.05) is 13.0 Å². The highest BCUT2D eigenvalue weighted by molar-refractivity contribution is 5.73. The van der Waals surface area contributed by atoms with Gasteiger partial charge < -0.3 is 5.73 Å². The molecular formula is C11H16N2O. The first-order valence-corrected chi connectivity index (χ1v) is 4.86. The van der Waals surface area contributed by atoms with Crippen LogP contribution in [0.4, 0.5) is 0 Å². The number of primary amides is 1. The SMILES string of the molecule is CCc1cc(C)nc(CCC(N)=O)c1. The highest BCUT2D eigenvalue weighted by Gasteiger charge is 2.01. The fourth-order valence-electron chi connectivity index (χ4n) is 1.40. The number of hydrogen-bond acceptors (Lipinski definition) is 2. The van der Waals surface area contributed by atoms with Crippen LogP contribution in [0.5, 0.6) is 0 Å². The number of aryl methyl sites for hydroxylation is 3. The number of pyridine rings is 1. The lowest BCUT2D eigenvalue weighted by atomic mass is 10.1. The molecule has 0 spiro atoms. The van der Waals surface area contributed by atoms with Crippen molar-refractivity contribution in [2.24, 2.45) is 5.73 Å². The molecule has 0 unspecified atom stereocenters. The third-order valence-corrected chi connectivity index (χ3v) is 2.10. The van der Waals surface area contributed by atoms with E-state index in [1.165, 1.54) is 5.56 Å². The van der Waals surface area contributed by atoms with Crippen LogP contribution in [0.2, 0.25) is 0 Å². The zero-order chi connectivity index (χ0) is 10.6. The molecule has 14 heavy (non-hydrogen) atoms. The first-order chi connectivity index (χ1) is 6.61. The van der Waals surface area contributed by atoms with Crippen molar-refractivity contribution in [2.45, 2.75) is 33.1 Å². The maximum atomic E-state index is 10.6. The lowest BCUT2D eigenvalue weighted by molar-refractivity contribution is -0.118. The molecule has 1 amide bonds. The third-order valence-electron chi connectivity index (χ3n) is 2.10. The predicted molar refractivity (Wildman–Crippen MR) is 55.9 cm³/mol. The van der Waals surface area contributed by atoms with E-state index in [9.17, 15) is 4.79 Å². The van der Waals surface area contributed by atoms with Crippen molar-refractivity contribution in [3.63, 3.8) is 0 Å². The molecule has 1 aromatic rings. The molecule has 3 heteroatoms. The fraction of sp³-hybridized carbons (Fsp3) is 0.455. The summed E-state index contributed by atoms with van der Waals surface area (Å²) in [7, 11) is 0. The molecule has 0 radical (unpaired) electrons. The van der Waals surface area contributed by atoms with Gasteiger partial charge >= 0.3 is 0 Å². The molecule has 1 rings (SSSR count). The third kappa shape index (κ3) is 3.17. The lowest BCUT2D eigenvalue weighted by Gasteiger charge is -2.03. The van der Waals surface area contributed by atoms with Crippen LogP contribution in [0, 0.1) is 6.92 Å². The molecule has 0 fully saturated rings. The maximum Gasteiger partial charge on any atom is 0.217 e. The van der Waals surface area contributed by atoms with Crippen molar-refractivity contribution in [2.75, 3.05) is 0 Å². The Morgan fingerprint density at radius 1 is 1.50 bits per heavy atom. The number of amides is 1. The second-order valence-corrected chi connectivity index (χ2v) is 3.43. The molecule has 1 heterocycles. The molecule has 3 nitrogen and oxygen atoms in total. The normalized spacial score (nSPS) is 10.1. The van der Waals surface area contributed by atoms with E-state index < -0.39 is 0 Å². The van der Waals surface area contributed by atoms with Gasteiger partial charge in [0, 0.05) is 17.8 Å². The Hall–Kier alpha value is -1.38. The summed E-state index contributed by atoms with van der Waals surface area (Å²) in [5.41, 5.74) is 8.31. The van der Waals surface area contributed by atoms with Gasteiger partial charge in [0.1, 0.15) is 0 Å². The second kappa shape index (κ2) is 4.74. The Morgan fingerprint density at radius 3 is 2.79 bits per heavy atom. The van der Waals surface area contributed by atoms with Crippen LogP contribution in [0.3, 0.4) is 0 Å². The average molecular weight is 192 g/mol. The van der Waals surface area contributed by atoms with Crippen molar-refractivity contribution in [3.05, 3.63) is 29.1 Å². The minimum absolute atomic E-state index is 0.272. The van der Waals surface area contributed by atoms with Crippen molar-refractivity contribution in [1.82, 2.24) is 4.98 Å². The van der Waals surface area contributed by atoms with Gasteiger partial charge in [-0.2, -0.15) is 0 Å². The second-order valence-electron chi connectivity index (χ2n) is 3.43. The van der Waals surface area contributed by atoms with Gasteiger partial charge in [0.05, 0.1) is 0 Å². The summed E-state index contributed by atoms with van der Waals surface area (Å²) in [5, 5.41) is 0. The molecule has 0 aliphatic heterocycles. The fourth-order valence-corrected chi connectivity index (χ4v) is 1.40. The smallest absolute Gasteiger partial charge is 0.217 e. The van der Waals surface area contributed by atoms with Crippen LogP contribution >= 0.6 is 0 Å². The van der Waals surface area contributed by atoms with Gasteiger partial charge in [-0.1, -0.05) is 6.92 Å². The van der Waals surface area contributed by atoms with Gasteiger partial charge in [0.15, 0.2) is 0 Å². The van der Waals surface area contributed by atoms with Crippen LogP contribution in [0.1, 0.15) is 30.3 Å². The zero-order valence-corrected chi connectivity index (χ0v) is 8.71. The van der Waals surface area contributed by atoms with Gasteiger partial charge in [0.2, 0.25) is 5.91 Å². The van der Waals surface area contributed by atoms with E-state index in [2.05, 4.69) is 18.0 Å². The molecule has 1 aromatic heterocycles. The van der Waals surface area contributed by atoms with E-state index in [4.69, 9.17) is 5.73 Å². The molecule has 0 atom stereocenters. The average Bonchev–Trinajstić information content (AvgIpc) is 2.14. The number of nitrogens with zero attached hydrogens (tertiary/aromatic N) is 1. The molecule has 0 aromatic carbocycles. The van der Waals surface area contributed by atoms with E-state index in [0.29, 0.717) is 12.8 Å². The van der Waals surface area contributed by atoms with Crippen LogP contribution in [0.15, 0.2) is 12.1 Å². The molecule has 0 bridgehead atoms. The van der Waals surface area contributed by atoms with Crippen molar-refractivity contribution in [1.29, 1.82) is 0 Å². The summed E-state index contributed by atoms with van der Waals surface area (Å²) in [6.07, 6.45) is 2.01. The van der Waals surface area contributed by atoms with E-state index in [1.54, 1.807) is 0 Å². The monoisotopic (exact) mass is 192 g/mol. The topological polar surface area (TPSA) is 56.0 Å². The van der Waals surface area contributed by atoms with Crippen LogP contribution in [-0.4, -0.2) is 10.9 Å². The molecule has 2 N–H and O–H groups in total. The Bertz CT molecular complexity index is 334. The number of nitrogens with two attached hydrogens (primary N) is 1. The number of hydrogen-bond donors (Lipinski definition) is 1. The summed E-state index contributed by atoms with van der Waals surface area (Å²) < 4.78 is 0. The summed E-state index contributed by atoms with van der Waals surface area (Å²) in [6.45, 7) is 4.07. The standard InChI is InChI=1S/C11H16N2O/c1-3-9-6-8(2)13-10(7-9)4-5-11(12)14/h6-7H,3-5H2,1-2H3,(H2,12,14). The van der Waals surface area contributed by atoms with Gasteiger partial charge in [-0.3, -0.25) is 9.78 Å². The minimum Gasteiger partial charge on any atom is -0.370 e. The van der Waals surface area contributed by atoms with Gasteiger partial charge in [-0.05, 0) is 37.5 Å². The van der Waals surface area contributed by atoms with Crippen molar-refractivity contribution < 1.29 is 4.79 Å². The molecule has 76 valence electrons. The quantitative estimate of drug-likeness (QED) is 0.783. The summed E-state index contributed by atoms with van der Waals surface area (Å²) >= 11 is 0. The lowest BCUT2D eigenvalue weighted by Crippen LogP contribution is -2.11. The molecule has 0 aliphatic rings. The van der Waals surface area contributed by atoms with Crippen LogP contribution < -0.4 is 5.73 Å². The number of rotatable bonds is 4. The largest absolute Gasteiger partial charge is 0.370 e. The molecule has 0 aliphatic carbocycles. The van der Waals surface area contributed by atoms with E-state index >= 15 is 0 Å². The molecule has 0 saturated heterocycles. The summed E-state index contributed by atoms with van der Waals surface area (Å²) in [4.78, 5) is 15.0. The Kier molecular flexibility index (Phi) is 3.63. The number of carbonyl (C=O) groups excluding carboxylic acids is 1. The highest BCUT2D eigenvalue weighted by atomic mass is 16.1. The van der Waals surface area contributed by atoms with Crippen molar-refractivity contribution >= 4 is 5.91 Å². The Labute approximate surface area is 84.3 Å².